The van der Waals surface area contributed by atoms with Gasteiger partial charge < -0.3 is 5.32 Å². The van der Waals surface area contributed by atoms with Crippen LogP contribution in [0.3, 0.4) is 0 Å². The minimum Gasteiger partial charge on any atom is -0.315 e. The Morgan fingerprint density at radius 3 is 2.47 bits per heavy atom. The molecule has 1 amide bonds. The van der Waals surface area contributed by atoms with Crippen molar-refractivity contribution in [2.24, 2.45) is 9.78 Å². The van der Waals surface area contributed by atoms with Crippen LogP contribution in [0, 0.1) is 5.41 Å². The number of nitrogens with zero attached hydrogens (tertiary/aromatic N) is 1. The van der Waals surface area contributed by atoms with Crippen molar-refractivity contribution < 1.29 is 9.00 Å². The number of amides is 1. The maximum Gasteiger partial charge on any atom is 0.260 e. The van der Waals surface area contributed by atoms with E-state index in [9.17, 15) is 9.00 Å². The van der Waals surface area contributed by atoms with E-state index >= 15 is 0 Å². The molecule has 0 aromatic rings. The van der Waals surface area contributed by atoms with Crippen molar-refractivity contribution in [3.8, 4) is 0 Å². The molecule has 1 fully saturated rings. The number of nitrogens with one attached hydrogen (secondary N) is 1. The molecule has 0 aliphatic carbocycles. The fourth-order valence-electron chi connectivity index (χ4n) is 1.11. The molecule has 88 valence electrons. The van der Waals surface area contributed by atoms with Crippen molar-refractivity contribution in [2.45, 2.75) is 13.8 Å². The van der Waals surface area contributed by atoms with Crippen LogP contribution in [0.4, 0.5) is 0 Å². The van der Waals surface area contributed by atoms with Gasteiger partial charge in [-0.15, -0.1) is 11.6 Å². The number of hydrogen-bond acceptors (Lipinski definition) is 3. The summed E-state index contributed by atoms with van der Waals surface area (Å²) in [6.07, 6.45) is 0. The fraction of sp³-hybridized carbons (Fsp3) is 0.889. The Balaban J connectivity index is 2.86. The Hall–Kier alpha value is -0.130. The average Bonchev–Trinajstić information content (AvgIpc) is 2.18. The van der Waals surface area contributed by atoms with Crippen LogP contribution in [0.1, 0.15) is 13.8 Å². The molecule has 0 bridgehead atoms. The number of halogens is 1. The van der Waals surface area contributed by atoms with Gasteiger partial charge in [-0.3, -0.25) is 4.79 Å². The lowest BCUT2D eigenvalue weighted by atomic mass is 9.96. The summed E-state index contributed by atoms with van der Waals surface area (Å²) in [4.78, 5) is 11.7. The van der Waals surface area contributed by atoms with Crippen molar-refractivity contribution in [2.75, 3.05) is 30.5 Å². The molecule has 6 heteroatoms. The first-order valence-electron chi connectivity index (χ1n) is 4.93. The van der Waals surface area contributed by atoms with Crippen molar-refractivity contribution in [1.82, 2.24) is 5.32 Å². The van der Waals surface area contributed by atoms with Crippen molar-refractivity contribution in [3.63, 3.8) is 0 Å². The van der Waals surface area contributed by atoms with Crippen LogP contribution < -0.4 is 5.32 Å². The molecule has 1 saturated heterocycles. The molecule has 0 radical (unpaired) electrons. The van der Waals surface area contributed by atoms with Crippen LogP contribution in [0.25, 0.3) is 0 Å². The number of carbonyl (C=O) groups is 1. The smallest absolute Gasteiger partial charge is 0.260 e. The standard InChI is InChI=1S/C9H17ClN2O2S/c1-9(2,7-10)8(13)12-15(14)5-3-11-4-6-15/h11H,3-7H2,1-2H3. The zero-order chi connectivity index (χ0) is 11.5. The van der Waals surface area contributed by atoms with E-state index in [1.165, 1.54) is 0 Å². The highest BCUT2D eigenvalue weighted by Gasteiger charge is 2.28. The van der Waals surface area contributed by atoms with Crippen molar-refractivity contribution >= 4 is 27.2 Å². The predicted molar refractivity (Wildman–Crippen MR) is 62.7 cm³/mol. The quantitative estimate of drug-likeness (QED) is 0.742. The van der Waals surface area contributed by atoms with Gasteiger partial charge in [0, 0.05) is 30.5 Å². The molecule has 0 aromatic carbocycles. The molecule has 0 unspecified atom stereocenters. The van der Waals surface area contributed by atoms with Crippen LogP contribution in [-0.4, -0.2) is 40.6 Å². The molecule has 1 aliphatic heterocycles. The van der Waals surface area contributed by atoms with Gasteiger partial charge in [0.25, 0.3) is 5.91 Å². The van der Waals surface area contributed by atoms with E-state index in [1.807, 2.05) is 0 Å². The minimum absolute atomic E-state index is 0.198. The summed E-state index contributed by atoms with van der Waals surface area (Å²) in [5.41, 5.74) is -0.711. The van der Waals surface area contributed by atoms with E-state index in [2.05, 4.69) is 9.68 Å². The van der Waals surface area contributed by atoms with Crippen LogP contribution in [0.2, 0.25) is 0 Å². The fourth-order valence-corrected chi connectivity index (χ4v) is 3.09. The van der Waals surface area contributed by atoms with E-state index in [-0.39, 0.29) is 11.8 Å². The third-order valence-electron chi connectivity index (χ3n) is 2.36. The number of carbonyl (C=O) groups excluding carboxylic acids is 1. The highest BCUT2D eigenvalue weighted by atomic mass is 35.5. The van der Waals surface area contributed by atoms with E-state index in [0.29, 0.717) is 24.6 Å². The summed E-state index contributed by atoms with van der Waals surface area (Å²) >= 11 is 5.67. The zero-order valence-corrected chi connectivity index (χ0v) is 10.7. The monoisotopic (exact) mass is 252 g/mol. The SMILES string of the molecule is CC(C)(CCl)C(=O)N=S1(=O)CCNCC1. The van der Waals surface area contributed by atoms with Crippen LogP contribution in [0.5, 0.6) is 0 Å². The first-order chi connectivity index (χ1) is 6.90. The summed E-state index contributed by atoms with van der Waals surface area (Å²) in [7, 11) is -2.33. The second kappa shape index (κ2) is 4.80. The maximum absolute atomic E-state index is 12.1. The van der Waals surface area contributed by atoms with E-state index < -0.39 is 15.1 Å². The van der Waals surface area contributed by atoms with Gasteiger partial charge in [0.05, 0.1) is 15.1 Å². The lowest BCUT2D eigenvalue weighted by molar-refractivity contribution is -0.124. The molecule has 0 spiro atoms. The second-order valence-corrected chi connectivity index (χ2v) is 7.16. The summed E-state index contributed by atoms with van der Waals surface area (Å²) in [5.74, 6) is 0.765. The van der Waals surface area contributed by atoms with Crippen molar-refractivity contribution in [3.05, 3.63) is 0 Å². The van der Waals surface area contributed by atoms with Gasteiger partial charge in [0.1, 0.15) is 0 Å². The first-order valence-corrected chi connectivity index (χ1v) is 7.32. The molecule has 4 nitrogen and oxygen atoms in total. The molecular formula is C9H17ClN2O2S. The predicted octanol–water partition coefficient (Wildman–Crippen LogP) is 0.849. The lowest BCUT2D eigenvalue weighted by Gasteiger charge is -2.20. The molecule has 0 saturated carbocycles. The van der Waals surface area contributed by atoms with Crippen LogP contribution >= 0.6 is 11.6 Å². The van der Waals surface area contributed by atoms with E-state index in [1.54, 1.807) is 13.8 Å². The van der Waals surface area contributed by atoms with Crippen LogP contribution in [0.15, 0.2) is 4.36 Å². The van der Waals surface area contributed by atoms with Gasteiger partial charge in [-0.2, -0.15) is 4.36 Å². The van der Waals surface area contributed by atoms with Gasteiger partial charge in [-0.25, -0.2) is 4.21 Å². The van der Waals surface area contributed by atoms with Gasteiger partial charge in [-0.05, 0) is 13.8 Å². The second-order valence-electron chi connectivity index (χ2n) is 4.34. The summed E-state index contributed by atoms with van der Waals surface area (Å²) in [6.45, 7) is 4.76. The van der Waals surface area contributed by atoms with E-state index in [4.69, 9.17) is 11.6 Å². The van der Waals surface area contributed by atoms with Crippen molar-refractivity contribution in [1.29, 1.82) is 0 Å². The molecule has 1 aliphatic rings. The summed E-state index contributed by atoms with van der Waals surface area (Å²) < 4.78 is 16.0. The molecule has 0 aromatic heterocycles. The number of rotatable bonds is 2. The Bertz CT molecular complexity index is 347. The van der Waals surface area contributed by atoms with Gasteiger partial charge in [0.15, 0.2) is 0 Å². The molecule has 0 atom stereocenters. The lowest BCUT2D eigenvalue weighted by Crippen LogP contribution is -2.37. The number of alkyl halides is 1. The topological polar surface area (TPSA) is 58.5 Å². The largest absolute Gasteiger partial charge is 0.315 e. The molecule has 15 heavy (non-hydrogen) atoms. The maximum atomic E-state index is 12.1. The van der Waals surface area contributed by atoms with E-state index in [0.717, 1.165) is 0 Å². The normalized spacial score (nSPS) is 21.0. The minimum atomic E-state index is -2.33. The third kappa shape index (κ3) is 3.43. The molecular weight excluding hydrogens is 236 g/mol. The Morgan fingerprint density at radius 2 is 2.00 bits per heavy atom. The highest BCUT2D eigenvalue weighted by molar-refractivity contribution is 7.94. The van der Waals surface area contributed by atoms with Gasteiger partial charge in [-0.1, -0.05) is 0 Å². The first kappa shape index (κ1) is 12.9. The highest BCUT2D eigenvalue weighted by Crippen LogP contribution is 2.20. The number of hydrogen-bond donors (Lipinski definition) is 1. The molecule has 1 heterocycles. The Kier molecular flexibility index (Phi) is 4.14. The molecule has 1 rings (SSSR count). The molecule has 1 N–H and O–H groups in total. The zero-order valence-electron chi connectivity index (χ0n) is 9.09. The summed E-state index contributed by atoms with van der Waals surface area (Å²) in [6, 6.07) is 0. The Labute approximate surface area is 95.9 Å². The third-order valence-corrected chi connectivity index (χ3v) is 5.21. The Morgan fingerprint density at radius 1 is 1.47 bits per heavy atom. The van der Waals surface area contributed by atoms with Gasteiger partial charge in [0.2, 0.25) is 0 Å². The summed E-state index contributed by atoms with van der Waals surface area (Å²) in [5, 5.41) is 3.09. The van der Waals surface area contributed by atoms with Crippen LogP contribution in [-0.2, 0) is 14.5 Å². The van der Waals surface area contributed by atoms with Gasteiger partial charge >= 0.3 is 0 Å². The average molecular weight is 253 g/mol.